The summed E-state index contributed by atoms with van der Waals surface area (Å²) in [7, 11) is -0.894. The van der Waals surface area contributed by atoms with Crippen LogP contribution in [0.25, 0.3) is 0 Å². The lowest BCUT2D eigenvalue weighted by Gasteiger charge is -2.29. The monoisotopic (exact) mass is 221 g/mol. The largest absolute Gasteiger partial charge is 0.383 e. The molecule has 1 rings (SSSR count). The molecule has 1 unspecified atom stereocenters. The topological polar surface area (TPSA) is 38.8 Å². The van der Waals surface area contributed by atoms with Crippen LogP contribution >= 0.6 is 7.52 Å². The van der Waals surface area contributed by atoms with Crippen molar-refractivity contribution >= 4 is 7.52 Å². The van der Waals surface area contributed by atoms with Crippen LogP contribution in [-0.2, 0) is 13.8 Å². The lowest BCUT2D eigenvalue weighted by Crippen LogP contribution is -2.30. The van der Waals surface area contributed by atoms with E-state index in [1.165, 1.54) is 0 Å². The van der Waals surface area contributed by atoms with Gasteiger partial charge >= 0.3 is 0 Å². The summed E-state index contributed by atoms with van der Waals surface area (Å²) in [6.07, 6.45) is 2.14. The number of hydrogen-bond donors (Lipinski definition) is 0. The second-order valence-corrected chi connectivity index (χ2v) is 6.01. The molecule has 0 amide bonds. The predicted molar refractivity (Wildman–Crippen MR) is 56.8 cm³/mol. The predicted octanol–water partition coefficient (Wildman–Crippen LogP) is 1.96. The average molecular weight is 221 g/mol. The summed E-state index contributed by atoms with van der Waals surface area (Å²) < 4.78 is 24.5. The summed E-state index contributed by atoms with van der Waals surface area (Å²) in [6, 6.07) is 0.266. The molecule has 1 aliphatic rings. The third-order valence-corrected chi connectivity index (χ3v) is 4.74. The number of nitrogens with zero attached hydrogens (tertiary/aromatic N) is 1. The van der Waals surface area contributed by atoms with Gasteiger partial charge in [-0.15, -0.1) is 0 Å². The van der Waals surface area contributed by atoms with E-state index >= 15 is 0 Å². The van der Waals surface area contributed by atoms with Crippen molar-refractivity contribution in [3.63, 3.8) is 0 Å². The normalized spacial score (nSPS) is 27.8. The minimum Gasteiger partial charge on any atom is -0.383 e. The fraction of sp³-hybridized carbons (Fsp3) is 1.00. The van der Waals surface area contributed by atoms with Crippen LogP contribution in [0.5, 0.6) is 0 Å². The Hall–Kier alpha value is 0.110. The second-order valence-electron chi connectivity index (χ2n) is 3.64. The molecule has 0 aromatic carbocycles. The molecular weight excluding hydrogens is 201 g/mol. The number of rotatable bonds is 5. The zero-order valence-corrected chi connectivity index (χ0v) is 10.1. The smallest absolute Gasteiger partial charge is 0.269 e. The van der Waals surface area contributed by atoms with E-state index < -0.39 is 7.52 Å². The number of ether oxygens (including phenoxy) is 1. The Bertz CT molecular complexity index is 222. The van der Waals surface area contributed by atoms with E-state index in [9.17, 15) is 4.57 Å². The quantitative estimate of drug-likeness (QED) is 0.665. The third kappa shape index (κ3) is 2.80. The second kappa shape index (κ2) is 5.26. The molecule has 0 bridgehead atoms. The summed E-state index contributed by atoms with van der Waals surface area (Å²) in [5.74, 6) is 0. The molecular formula is C9H20NO3P. The molecule has 2 atom stereocenters. The first-order valence-electron chi connectivity index (χ1n) is 5.10. The molecule has 1 saturated heterocycles. The van der Waals surface area contributed by atoms with Crippen LogP contribution in [0.1, 0.15) is 19.8 Å². The van der Waals surface area contributed by atoms with Gasteiger partial charge in [0.2, 0.25) is 0 Å². The van der Waals surface area contributed by atoms with Crippen molar-refractivity contribution < 1.29 is 13.8 Å². The summed E-state index contributed by atoms with van der Waals surface area (Å²) >= 11 is 0. The lowest BCUT2D eigenvalue weighted by atomic mass is 10.2. The number of hydrogen-bond acceptors (Lipinski definition) is 3. The summed E-state index contributed by atoms with van der Waals surface area (Å²) in [4.78, 5) is 0. The van der Waals surface area contributed by atoms with Crippen LogP contribution in [0, 0.1) is 0 Å². The van der Waals surface area contributed by atoms with Crippen molar-refractivity contribution in [2.24, 2.45) is 0 Å². The molecule has 0 radical (unpaired) electrons. The van der Waals surface area contributed by atoms with Crippen LogP contribution in [0.3, 0.4) is 0 Å². The molecule has 84 valence electrons. The van der Waals surface area contributed by atoms with Gasteiger partial charge in [0.1, 0.15) is 0 Å². The molecule has 5 heteroatoms. The molecule has 0 aliphatic carbocycles. The standard InChI is InChI=1S/C9H20NO3P/c1-4-13-14(3,11)10-7-5-6-9(10)8-12-2/h9H,4-8H2,1-3H3/t9-,14?/m0/s1. The molecule has 1 heterocycles. The first-order chi connectivity index (χ1) is 6.61. The first kappa shape index (κ1) is 12.2. The average Bonchev–Trinajstić information content (AvgIpc) is 2.53. The molecule has 0 spiro atoms. The van der Waals surface area contributed by atoms with Crippen molar-refractivity contribution in [1.82, 2.24) is 4.67 Å². The van der Waals surface area contributed by atoms with Crippen molar-refractivity contribution in [2.75, 3.05) is 33.5 Å². The molecule has 0 aromatic rings. The summed E-state index contributed by atoms with van der Waals surface area (Å²) in [6.45, 7) is 5.58. The SMILES string of the molecule is CCOP(C)(=O)N1CCC[C@H]1COC. The molecule has 0 aromatic heterocycles. The zero-order valence-electron chi connectivity index (χ0n) is 9.23. The molecule has 14 heavy (non-hydrogen) atoms. The molecule has 0 N–H and O–H groups in total. The maximum atomic E-state index is 12.1. The van der Waals surface area contributed by atoms with Crippen LogP contribution in [-0.4, -0.2) is 44.2 Å². The Morgan fingerprint density at radius 3 is 2.86 bits per heavy atom. The first-order valence-corrected chi connectivity index (χ1v) is 7.12. The number of methoxy groups -OCH3 is 1. The molecule has 1 aliphatic heterocycles. The van der Waals surface area contributed by atoms with Gasteiger partial charge < -0.3 is 9.26 Å². The van der Waals surface area contributed by atoms with E-state index in [2.05, 4.69) is 0 Å². The van der Waals surface area contributed by atoms with E-state index in [1.807, 2.05) is 11.6 Å². The van der Waals surface area contributed by atoms with Gasteiger partial charge in [-0.25, -0.2) is 4.67 Å². The summed E-state index contributed by atoms with van der Waals surface area (Å²) in [5.41, 5.74) is 0. The lowest BCUT2D eigenvalue weighted by molar-refractivity contribution is 0.140. The van der Waals surface area contributed by atoms with Crippen LogP contribution in [0.15, 0.2) is 0 Å². The van der Waals surface area contributed by atoms with Crippen molar-refractivity contribution in [3.8, 4) is 0 Å². The highest BCUT2D eigenvalue weighted by Gasteiger charge is 2.35. The van der Waals surface area contributed by atoms with Gasteiger partial charge in [0.05, 0.1) is 13.2 Å². The van der Waals surface area contributed by atoms with Crippen LogP contribution in [0.4, 0.5) is 0 Å². The highest BCUT2D eigenvalue weighted by molar-refractivity contribution is 7.55. The van der Waals surface area contributed by atoms with E-state index in [0.717, 1.165) is 19.4 Å². The molecule has 0 saturated carbocycles. The van der Waals surface area contributed by atoms with E-state index in [4.69, 9.17) is 9.26 Å². The van der Waals surface area contributed by atoms with Gasteiger partial charge in [-0.05, 0) is 19.8 Å². The minimum absolute atomic E-state index is 0.266. The van der Waals surface area contributed by atoms with E-state index in [0.29, 0.717) is 13.2 Å². The molecule has 1 fully saturated rings. The van der Waals surface area contributed by atoms with E-state index in [1.54, 1.807) is 13.8 Å². The highest BCUT2D eigenvalue weighted by Crippen LogP contribution is 2.50. The van der Waals surface area contributed by atoms with Gasteiger partial charge in [0, 0.05) is 26.4 Å². The van der Waals surface area contributed by atoms with Crippen molar-refractivity contribution in [3.05, 3.63) is 0 Å². The minimum atomic E-state index is -2.57. The third-order valence-electron chi connectivity index (χ3n) is 2.54. The van der Waals surface area contributed by atoms with Gasteiger partial charge in [-0.2, -0.15) is 0 Å². The van der Waals surface area contributed by atoms with Crippen molar-refractivity contribution in [2.45, 2.75) is 25.8 Å². The molecule has 4 nitrogen and oxygen atoms in total. The van der Waals surface area contributed by atoms with E-state index in [-0.39, 0.29) is 6.04 Å². The maximum Gasteiger partial charge on any atom is 0.269 e. The maximum absolute atomic E-state index is 12.1. The van der Waals surface area contributed by atoms with Crippen molar-refractivity contribution in [1.29, 1.82) is 0 Å². The zero-order chi connectivity index (χ0) is 10.6. The Labute approximate surface area is 86.1 Å². The Balaban J connectivity index is 2.60. The van der Waals surface area contributed by atoms with Gasteiger partial charge in [-0.1, -0.05) is 0 Å². The summed E-state index contributed by atoms with van der Waals surface area (Å²) in [5, 5.41) is 0. The fourth-order valence-corrected chi connectivity index (χ4v) is 3.88. The Morgan fingerprint density at radius 1 is 1.57 bits per heavy atom. The van der Waals surface area contributed by atoms with Gasteiger partial charge in [0.25, 0.3) is 7.52 Å². The highest BCUT2D eigenvalue weighted by atomic mass is 31.2. The van der Waals surface area contributed by atoms with Gasteiger partial charge in [-0.3, -0.25) is 4.57 Å². The fourth-order valence-electron chi connectivity index (χ4n) is 1.97. The Kier molecular flexibility index (Phi) is 4.58. The van der Waals surface area contributed by atoms with Gasteiger partial charge in [0.15, 0.2) is 0 Å². The Morgan fingerprint density at radius 2 is 2.29 bits per heavy atom. The van der Waals surface area contributed by atoms with Crippen LogP contribution in [0.2, 0.25) is 0 Å². The van der Waals surface area contributed by atoms with Crippen LogP contribution < -0.4 is 0 Å².